The quantitative estimate of drug-likeness (QED) is 0.197. The fraction of sp³-hybridized carbons (Fsp3) is 0.913. The average Bonchev–Trinajstić information content (AvgIpc) is 2.59. The van der Waals surface area contributed by atoms with E-state index in [0.29, 0.717) is 25.4 Å². The standard InChI is InChI=1S/C23H44O4/c1-5-6-7-12-15-18-26-22(24)16-13-10-8-9-11-14-17-23(25)27-21(4)19-20(2)3/h20-21H,5-19H2,1-4H3. The Bertz CT molecular complexity index is 365. The SMILES string of the molecule is CCCCCCCOC(=O)CCCCCCCCC(=O)OC(C)CC(C)C. The monoisotopic (exact) mass is 384 g/mol. The summed E-state index contributed by atoms with van der Waals surface area (Å²) >= 11 is 0. The molecule has 0 bridgehead atoms. The Morgan fingerprint density at radius 3 is 1.81 bits per heavy atom. The first-order chi connectivity index (χ1) is 13.0. The summed E-state index contributed by atoms with van der Waals surface area (Å²) in [4.78, 5) is 23.4. The van der Waals surface area contributed by atoms with Gasteiger partial charge in [-0.3, -0.25) is 9.59 Å². The number of esters is 2. The first kappa shape index (κ1) is 25.9. The van der Waals surface area contributed by atoms with Crippen LogP contribution in [0.2, 0.25) is 0 Å². The molecule has 4 nitrogen and oxygen atoms in total. The Kier molecular flexibility index (Phi) is 17.6. The summed E-state index contributed by atoms with van der Waals surface area (Å²) in [6.07, 6.45) is 14.0. The van der Waals surface area contributed by atoms with Crippen LogP contribution in [0.5, 0.6) is 0 Å². The van der Waals surface area contributed by atoms with Crippen molar-refractivity contribution in [1.29, 1.82) is 0 Å². The lowest BCUT2D eigenvalue weighted by molar-refractivity contribution is -0.149. The summed E-state index contributed by atoms with van der Waals surface area (Å²) < 4.78 is 10.7. The van der Waals surface area contributed by atoms with Crippen molar-refractivity contribution in [2.45, 2.75) is 124 Å². The summed E-state index contributed by atoms with van der Waals surface area (Å²) in [6, 6.07) is 0. The molecule has 0 aliphatic carbocycles. The highest BCUT2D eigenvalue weighted by atomic mass is 16.5. The minimum Gasteiger partial charge on any atom is -0.466 e. The van der Waals surface area contributed by atoms with Gasteiger partial charge < -0.3 is 9.47 Å². The molecule has 0 N–H and O–H groups in total. The fourth-order valence-electron chi connectivity index (χ4n) is 3.20. The van der Waals surface area contributed by atoms with Gasteiger partial charge in [0.2, 0.25) is 0 Å². The lowest BCUT2D eigenvalue weighted by atomic mass is 10.1. The predicted octanol–water partition coefficient (Wildman–Crippen LogP) is 6.60. The first-order valence-electron chi connectivity index (χ1n) is 11.3. The van der Waals surface area contributed by atoms with E-state index >= 15 is 0 Å². The van der Waals surface area contributed by atoms with Crippen LogP contribution in [0.1, 0.15) is 118 Å². The topological polar surface area (TPSA) is 52.6 Å². The van der Waals surface area contributed by atoms with Gasteiger partial charge in [-0.1, -0.05) is 72.1 Å². The molecule has 0 radical (unpaired) electrons. The van der Waals surface area contributed by atoms with Gasteiger partial charge in [-0.2, -0.15) is 0 Å². The van der Waals surface area contributed by atoms with Crippen LogP contribution in [0.4, 0.5) is 0 Å². The molecule has 1 atom stereocenters. The van der Waals surface area contributed by atoms with Crippen molar-refractivity contribution >= 4 is 11.9 Å². The smallest absolute Gasteiger partial charge is 0.306 e. The first-order valence-corrected chi connectivity index (χ1v) is 11.3. The van der Waals surface area contributed by atoms with Crippen LogP contribution in [0.25, 0.3) is 0 Å². The van der Waals surface area contributed by atoms with Crippen molar-refractivity contribution in [3.8, 4) is 0 Å². The number of ether oxygens (including phenoxy) is 2. The van der Waals surface area contributed by atoms with Gasteiger partial charge in [0.15, 0.2) is 0 Å². The fourth-order valence-corrected chi connectivity index (χ4v) is 3.20. The van der Waals surface area contributed by atoms with Crippen LogP contribution < -0.4 is 0 Å². The third kappa shape index (κ3) is 19.5. The number of hydrogen-bond acceptors (Lipinski definition) is 4. The summed E-state index contributed by atoms with van der Waals surface area (Å²) in [5, 5.41) is 0. The molecule has 27 heavy (non-hydrogen) atoms. The van der Waals surface area contributed by atoms with Gasteiger partial charge >= 0.3 is 11.9 Å². The van der Waals surface area contributed by atoms with Crippen molar-refractivity contribution < 1.29 is 19.1 Å². The maximum absolute atomic E-state index is 11.7. The second-order valence-corrected chi connectivity index (χ2v) is 8.19. The van der Waals surface area contributed by atoms with E-state index in [4.69, 9.17) is 9.47 Å². The Labute approximate surface area is 167 Å². The molecule has 0 spiro atoms. The molecule has 0 aromatic rings. The highest BCUT2D eigenvalue weighted by molar-refractivity contribution is 5.69. The highest BCUT2D eigenvalue weighted by Crippen LogP contribution is 2.12. The van der Waals surface area contributed by atoms with Crippen LogP contribution in [0.15, 0.2) is 0 Å². The molecule has 0 saturated heterocycles. The maximum Gasteiger partial charge on any atom is 0.306 e. The van der Waals surface area contributed by atoms with Crippen molar-refractivity contribution in [3.05, 3.63) is 0 Å². The second-order valence-electron chi connectivity index (χ2n) is 8.19. The van der Waals surface area contributed by atoms with Gasteiger partial charge in [0.1, 0.15) is 0 Å². The van der Waals surface area contributed by atoms with E-state index in [1.807, 2.05) is 6.92 Å². The third-order valence-corrected chi connectivity index (χ3v) is 4.66. The number of hydrogen-bond donors (Lipinski definition) is 0. The van der Waals surface area contributed by atoms with E-state index in [0.717, 1.165) is 57.8 Å². The molecule has 0 fully saturated rings. The van der Waals surface area contributed by atoms with Gasteiger partial charge in [-0.15, -0.1) is 0 Å². The molecule has 160 valence electrons. The maximum atomic E-state index is 11.7. The van der Waals surface area contributed by atoms with Gasteiger partial charge in [0, 0.05) is 12.8 Å². The Morgan fingerprint density at radius 2 is 1.22 bits per heavy atom. The molecule has 0 saturated carbocycles. The molecule has 0 rings (SSSR count). The third-order valence-electron chi connectivity index (χ3n) is 4.66. The molecule has 0 amide bonds. The zero-order chi connectivity index (χ0) is 20.3. The van der Waals surface area contributed by atoms with E-state index in [9.17, 15) is 9.59 Å². The molecule has 0 aromatic carbocycles. The zero-order valence-corrected chi connectivity index (χ0v) is 18.4. The zero-order valence-electron chi connectivity index (χ0n) is 18.4. The molecule has 0 aromatic heterocycles. The molecule has 0 aliphatic heterocycles. The Balaban J connectivity index is 3.36. The Hall–Kier alpha value is -1.06. The van der Waals surface area contributed by atoms with Gasteiger partial charge in [-0.25, -0.2) is 0 Å². The van der Waals surface area contributed by atoms with Crippen LogP contribution >= 0.6 is 0 Å². The highest BCUT2D eigenvalue weighted by Gasteiger charge is 2.10. The molecular weight excluding hydrogens is 340 g/mol. The summed E-state index contributed by atoms with van der Waals surface area (Å²) in [5.74, 6) is 0.431. The summed E-state index contributed by atoms with van der Waals surface area (Å²) in [6.45, 7) is 9.02. The summed E-state index contributed by atoms with van der Waals surface area (Å²) in [7, 11) is 0. The lowest BCUT2D eigenvalue weighted by Gasteiger charge is -2.15. The van der Waals surface area contributed by atoms with Crippen molar-refractivity contribution in [2.75, 3.05) is 6.61 Å². The summed E-state index contributed by atoms with van der Waals surface area (Å²) in [5.41, 5.74) is 0. The number of unbranched alkanes of at least 4 members (excludes halogenated alkanes) is 9. The molecule has 0 aliphatic rings. The lowest BCUT2D eigenvalue weighted by Crippen LogP contribution is -2.16. The number of carbonyl (C=O) groups is 2. The van der Waals surface area contributed by atoms with Crippen LogP contribution in [-0.2, 0) is 19.1 Å². The van der Waals surface area contributed by atoms with Gasteiger partial charge in [0.05, 0.1) is 12.7 Å². The predicted molar refractivity (Wildman–Crippen MR) is 112 cm³/mol. The van der Waals surface area contributed by atoms with E-state index in [-0.39, 0.29) is 18.0 Å². The molecular formula is C23H44O4. The average molecular weight is 385 g/mol. The minimum absolute atomic E-state index is 0.0218. The van der Waals surface area contributed by atoms with Crippen LogP contribution in [0.3, 0.4) is 0 Å². The van der Waals surface area contributed by atoms with E-state index in [2.05, 4.69) is 20.8 Å². The van der Waals surface area contributed by atoms with Crippen LogP contribution in [-0.4, -0.2) is 24.6 Å². The molecule has 0 heterocycles. The van der Waals surface area contributed by atoms with Gasteiger partial charge in [0.25, 0.3) is 0 Å². The van der Waals surface area contributed by atoms with Crippen molar-refractivity contribution in [3.63, 3.8) is 0 Å². The molecule has 4 heteroatoms. The van der Waals surface area contributed by atoms with Crippen molar-refractivity contribution in [2.24, 2.45) is 5.92 Å². The Morgan fingerprint density at radius 1 is 0.704 bits per heavy atom. The van der Waals surface area contributed by atoms with Gasteiger partial charge in [-0.05, 0) is 38.5 Å². The van der Waals surface area contributed by atoms with E-state index in [1.165, 1.54) is 19.3 Å². The minimum atomic E-state index is -0.0689. The largest absolute Gasteiger partial charge is 0.466 e. The number of rotatable bonds is 18. The second kappa shape index (κ2) is 18.3. The van der Waals surface area contributed by atoms with Crippen molar-refractivity contribution in [1.82, 2.24) is 0 Å². The van der Waals surface area contributed by atoms with Crippen LogP contribution in [0, 0.1) is 5.92 Å². The van der Waals surface area contributed by atoms with E-state index < -0.39 is 0 Å². The molecule has 1 unspecified atom stereocenters. The van der Waals surface area contributed by atoms with E-state index in [1.54, 1.807) is 0 Å². The normalized spacial score (nSPS) is 12.2. The number of carbonyl (C=O) groups excluding carboxylic acids is 2.